The lowest BCUT2D eigenvalue weighted by molar-refractivity contribution is 0.438. The van der Waals surface area contributed by atoms with Gasteiger partial charge in [0.1, 0.15) is 11.5 Å². The van der Waals surface area contributed by atoms with E-state index >= 15 is 0 Å². The predicted octanol–water partition coefficient (Wildman–Crippen LogP) is 6.02. The van der Waals surface area contributed by atoms with Gasteiger partial charge in [-0.15, -0.1) is 0 Å². The lowest BCUT2D eigenvalue weighted by Gasteiger charge is -2.09. The molecule has 3 heteroatoms. The number of hydrogen-bond acceptors (Lipinski definition) is 2. The van der Waals surface area contributed by atoms with Gasteiger partial charge in [-0.3, -0.25) is 4.39 Å². The third-order valence-corrected chi connectivity index (χ3v) is 4.11. The van der Waals surface area contributed by atoms with Crippen molar-refractivity contribution in [2.24, 2.45) is 0 Å². The fourth-order valence-electron chi connectivity index (χ4n) is 2.62. The molecule has 0 saturated carbocycles. The van der Waals surface area contributed by atoms with E-state index in [1.807, 2.05) is 0 Å². The van der Waals surface area contributed by atoms with Crippen LogP contribution in [0.3, 0.4) is 0 Å². The van der Waals surface area contributed by atoms with E-state index in [4.69, 9.17) is 0 Å². The molecule has 0 radical (unpaired) electrons. The van der Waals surface area contributed by atoms with Gasteiger partial charge in [0.25, 0.3) is 0 Å². The third-order valence-electron chi connectivity index (χ3n) is 4.11. The molecule has 0 spiro atoms. The van der Waals surface area contributed by atoms with E-state index in [0.29, 0.717) is 18.4 Å². The smallest absolute Gasteiger partial charge is 0.123 e. The Bertz CT molecular complexity index is 546. The first-order valence-corrected chi connectivity index (χ1v) is 8.82. The molecular formula is C21H31FO2. The van der Waals surface area contributed by atoms with E-state index in [9.17, 15) is 14.6 Å². The molecule has 0 unspecified atom stereocenters. The first-order chi connectivity index (χ1) is 11.4. The number of unbranched alkanes of at least 4 members (excludes halogenated alkanes) is 2. The van der Waals surface area contributed by atoms with Gasteiger partial charge in [0.15, 0.2) is 0 Å². The monoisotopic (exact) mass is 334 g/mol. The zero-order chi connectivity index (χ0) is 17.9. The minimum atomic E-state index is -0.283. The summed E-state index contributed by atoms with van der Waals surface area (Å²) in [6.07, 6.45) is 9.82. The Hall–Kier alpha value is -1.77. The maximum atomic E-state index is 12.1. The van der Waals surface area contributed by atoms with Crippen molar-refractivity contribution in [3.63, 3.8) is 0 Å². The second-order valence-corrected chi connectivity index (χ2v) is 6.69. The summed E-state index contributed by atoms with van der Waals surface area (Å²) in [5.74, 6) is 0.285. The minimum Gasteiger partial charge on any atom is -0.508 e. The van der Waals surface area contributed by atoms with Gasteiger partial charge in [-0.1, -0.05) is 29.7 Å². The van der Waals surface area contributed by atoms with Crippen LogP contribution in [-0.2, 0) is 12.8 Å². The van der Waals surface area contributed by atoms with Gasteiger partial charge in [-0.25, -0.2) is 0 Å². The number of halogens is 1. The standard InChI is InChI=1S/C21H31FO2/c1-16(2)8-7-9-17(3)11-12-19-20(23)14-18(15-21(19)24)10-5-4-6-13-22/h8,11,14-15,23-24H,4-7,9-10,12-13H2,1-3H3/b17-11+. The third kappa shape index (κ3) is 7.67. The van der Waals surface area contributed by atoms with E-state index in [0.717, 1.165) is 37.7 Å². The van der Waals surface area contributed by atoms with Gasteiger partial charge in [-0.05, 0) is 77.0 Å². The molecule has 0 fully saturated rings. The van der Waals surface area contributed by atoms with Crippen LogP contribution in [0.1, 0.15) is 64.0 Å². The molecule has 0 aliphatic heterocycles. The zero-order valence-corrected chi connectivity index (χ0v) is 15.2. The number of aryl methyl sites for hydroxylation is 1. The van der Waals surface area contributed by atoms with E-state index in [2.05, 4.69) is 32.9 Å². The summed E-state index contributed by atoms with van der Waals surface area (Å²) < 4.78 is 12.1. The van der Waals surface area contributed by atoms with Crippen molar-refractivity contribution in [3.05, 3.63) is 46.6 Å². The summed E-state index contributed by atoms with van der Waals surface area (Å²) in [6, 6.07) is 3.44. The molecule has 2 N–H and O–H groups in total. The van der Waals surface area contributed by atoms with Crippen molar-refractivity contribution in [1.82, 2.24) is 0 Å². The summed E-state index contributed by atoms with van der Waals surface area (Å²) in [5.41, 5.74) is 4.04. The maximum absolute atomic E-state index is 12.1. The molecule has 0 bridgehead atoms. The lowest BCUT2D eigenvalue weighted by Crippen LogP contribution is -1.91. The fraction of sp³-hybridized carbons (Fsp3) is 0.524. The van der Waals surface area contributed by atoms with Crippen LogP contribution in [0.4, 0.5) is 4.39 Å². The van der Waals surface area contributed by atoms with Gasteiger partial charge in [0.05, 0.1) is 6.67 Å². The van der Waals surface area contributed by atoms with E-state index in [1.165, 1.54) is 11.1 Å². The highest BCUT2D eigenvalue weighted by atomic mass is 19.1. The number of allylic oxidation sites excluding steroid dienone is 4. The fourth-order valence-corrected chi connectivity index (χ4v) is 2.62. The number of rotatable bonds is 10. The van der Waals surface area contributed by atoms with Gasteiger partial charge in [-0.2, -0.15) is 0 Å². The van der Waals surface area contributed by atoms with Crippen molar-refractivity contribution in [1.29, 1.82) is 0 Å². The first-order valence-electron chi connectivity index (χ1n) is 8.82. The molecular weight excluding hydrogens is 303 g/mol. The number of hydrogen-bond donors (Lipinski definition) is 2. The van der Waals surface area contributed by atoms with Crippen molar-refractivity contribution in [2.45, 2.75) is 65.7 Å². The molecule has 0 heterocycles. The Labute approximate surface area is 145 Å². The van der Waals surface area contributed by atoms with E-state index in [-0.39, 0.29) is 18.2 Å². The van der Waals surface area contributed by atoms with Crippen molar-refractivity contribution in [3.8, 4) is 11.5 Å². The number of phenolic OH excluding ortho intramolecular Hbond substituents is 2. The molecule has 1 aromatic carbocycles. The molecule has 24 heavy (non-hydrogen) atoms. The predicted molar refractivity (Wildman–Crippen MR) is 99.4 cm³/mol. The molecule has 0 amide bonds. The molecule has 134 valence electrons. The quantitative estimate of drug-likeness (QED) is 0.406. The normalized spacial score (nSPS) is 11.6. The van der Waals surface area contributed by atoms with Crippen LogP contribution in [-0.4, -0.2) is 16.9 Å². The van der Waals surface area contributed by atoms with Gasteiger partial charge >= 0.3 is 0 Å². The summed E-state index contributed by atoms with van der Waals surface area (Å²) in [5, 5.41) is 20.4. The lowest BCUT2D eigenvalue weighted by atomic mass is 10.0. The SMILES string of the molecule is CC(C)=CCC/C(C)=C/Cc1c(O)cc(CCCCCF)cc1O. The van der Waals surface area contributed by atoms with Crippen LogP contribution < -0.4 is 0 Å². The summed E-state index contributed by atoms with van der Waals surface area (Å²) in [4.78, 5) is 0. The van der Waals surface area contributed by atoms with Gasteiger partial charge in [0.2, 0.25) is 0 Å². The topological polar surface area (TPSA) is 40.5 Å². The van der Waals surface area contributed by atoms with Gasteiger partial charge in [0, 0.05) is 5.56 Å². The second-order valence-electron chi connectivity index (χ2n) is 6.69. The highest BCUT2D eigenvalue weighted by Gasteiger charge is 2.09. The number of phenols is 2. The zero-order valence-electron chi connectivity index (χ0n) is 15.2. The molecule has 0 aliphatic rings. The van der Waals surface area contributed by atoms with Crippen LogP contribution in [0.2, 0.25) is 0 Å². The molecule has 0 aliphatic carbocycles. The largest absolute Gasteiger partial charge is 0.508 e. The van der Waals surface area contributed by atoms with Crippen LogP contribution >= 0.6 is 0 Å². The number of benzene rings is 1. The number of aromatic hydroxyl groups is 2. The Morgan fingerprint density at radius 1 is 1.00 bits per heavy atom. The maximum Gasteiger partial charge on any atom is 0.123 e. The summed E-state index contributed by atoms with van der Waals surface area (Å²) in [7, 11) is 0. The van der Waals surface area contributed by atoms with Crippen LogP contribution in [0, 0.1) is 0 Å². The first kappa shape index (κ1) is 20.3. The van der Waals surface area contributed by atoms with Crippen LogP contribution in [0.25, 0.3) is 0 Å². The molecule has 0 aromatic heterocycles. The van der Waals surface area contributed by atoms with Crippen molar-refractivity contribution < 1.29 is 14.6 Å². The van der Waals surface area contributed by atoms with E-state index in [1.54, 1.807) is 12.1 Å². The molecule has 1 rings (SSSR count). The molecule has 0 atom stereocenters. The summed E-state index contributed by atoms with van der Waals surface area (Å²) >= 11 is 0. The molecule has 0 saturated heterocycles. The van der Waals surface area contributed by atoms with Crippen molar-refractivity contribution >= 4 is 0 Å². The minimum absolute atomic E-state index is 0.142. The van der Waals surface area contributed by atoms with Gasteiger partial charge < -0.3 is 10.2 Å². The highest BCUT2D eigenvalue weighted by Crippen LogP contribution is 2.30. The highest BCUT2D eigenvalue weighted by molar-refractivity contribution is 5.47. The van der Waals surface area contributed by atoms with Crippen LogP contribution in [0.15, 0.2) is 35.4 Å². The van der Waals surface area contributed by atoms with Crippen molar-refractivity contribution in [2.75, 3.05) is 6.67 Å². The Morgan fingerprint density at radius 3 is 2.25 bits per heavy atom. The average molecular weight is 334 g/mol. The van der Waals surface area contributed by atoms with E-state index < -0.39 is 0 Å². The average Bonchev–Trinajstić information content (AvgIpc) is 2.50. The van der Waals surface area contributed by atoms with Crippen LogP contribution in [0.5, 0.6) is 11.5 Å². The Morgan fingerprint density at radius 2 is 1.67 bits per heavy atom. The summed E-state index contributed by atoms with van der Waals surface area (Å²) in [6.45, 7) is 5.98. The molecule has 2 nitrogen and oxygen atoms in total. The Balaban J connectivity index is 2.63. The second kappa shape index (κ2) is 10.9. The Kier molecular flexibility index (Phi) is 9.21. The molecule has 1 aromatic rings. The number of alkyl halides is 1.